The first kappa shape index (κ1) is 11.1. The Labute approximate surface area is 90.8 Å². The highest BCUT2D eigenvalue weighted by molar-refractivity contribution is 5.82. The van der Waals surface area contributed by atoms with Crippen LogP contribution in [-0.4, -0.2) is 36.5 Å². The lowest BCUT2D eigenvalue weighted by molar-refractivity contribution is -0.120. The molecule has 1 aliphatic carbocycles. The summed E-state index contributed by atoms with van der Waals surface area (Å²) in [5.41, 5.74) is 0. The Morgan fingerprint density at radius 2 is 2.20 bits per heavy atom. The van der Waals surface area contributed by atoms with Gasteiger partial charge >= 0.3 is 0 Å². The highest BCUT2D eigenvalue weighted by atomic mass is 19.1. The molecule has 86 valence electrons. The van der Waals surface area contributed by atoms with Crippen LogP contribution in [0.3, 0.4) is 0 Å². The molecule has 0 aromatic rings. The minimum Gasteiger partial charge on any atom is -0.300 e. The zero-order chi connectivity index (χ0) is 10.7. The van der Waals surface area contributed by atoms with Crippen LogP contribution in [0.1, 0.15) is 38.5 Å². The highest BCUT2D eigenvalue weighted by Gasteiger charge is 2.26. The summed E-state index contributed by atoms with van der Waals surface area (Å²) in [6.45, 7) is 2.51. The number of nitrogens with zero attached hydrogens (tertiary/aromatic N) is 1. The van der Waals surface area contributed by atoms with Gasteiger partial charge in [-0.2, -0.15) is 0 Å². The number of piperidine rings is 1. The van der Waals surface area contributed by atoms with Crippen LogP contribution in [0.15, 0.2) is 0 Å². The molecule has 0 aromatic heterocycles. The van der Waals surface area contributed by atoms with Crippen LogP contribution in [0.2, 0.25) is 0 Å². The normalized spacial score (nSPS) is 33.5. The van der Waals surface area contributed by atoms with Crippen molar-refractivity contribution in [2.24, 2.45) is 5.92 Å². The summed E-state index contributed by atoms with van der Waals surface area (Å²) < 4.78 is 13.1. The lowest BCUT2D eigenvalue weighted by atomic mass is 10.0. The van der Waals surface area contributed by atoms with Crippen LogP contribution < -0.4 is 0 Å². The summed E-state index contributed by atoms with van der Waals surface area (Å²) in [7, 11) is 0. The first-order chi connectivity index (χ1) is 7.25. The molecule has 2 atom stereocenters. The number of hydrogen-bond donors (Lipinski definition) is 0. The first-order valence-electron chi connectivity index (χ1n) is 6.15. The Bertz CT molecular complexity index is 232. The molecule has 1 aliphatic heterocycles. The fourth-order valence-electron chi connectivity index (χ4n) is 2.73. The van der Waals surface area contributed by atoms with Crippen molar-refractivity contribution in [2.45, 2.75) is 44.7 Å². The quantitative estimate of drug-likeness (QED) is 0.716. The summed E-state index contributed by atoms with van der Waals surface area (Å²) >= 11 is 0. The fourth-order valence-corrected chi connectivity index (χ4v) is 2.73. The molecule has 1 saturated heterocycles. The Balaban J connectivity index is 1.70. The van der Waals surface area contributed by atoms with E-state index in [1.165, 1.54) is 0 Å². The van der Waals surface area contributed by atoms with Gasteiger partial charge in [0.1, 0.15) is 12.0 Å². The molecule has 1 saturated carbocycles. The molecule has 0 N–H and O–H groups in total. The molecular weight excluding hydrogens is 193 g/mol. The third-order valence-corrected chi connectivity index (χ3v) is 3.67. The number of Topliss-reactive ketones (excluding diaryl/α,β-unsaturated/α-hetero) is 1. The Hall–Kier alpha value is -0.440. The highest BCUT2D eigenvalue weighted by Crippen LogP contribution is 2.25. The molecule has 2 rings (SSSR count). The number of carbonyl (C=O) groups excluding carboxylic acids is 1. The third kappa shape index (κ3) is 3.00. The third-order valence-electron chi connectivity index (χ3n) is 3.67. The summed E-state index contributed by atoms with van der Waals surface area (Å²) in [5, 5.41) is 0. The van der Waals surface area contributed by atoms with Gasteiger partial charge in [0.15, 0.2) is 0 Å². The molecule has 2 nitrogen and oxygen atoms in total. The van der Waals surface area contributed by atoms with Gasteiger partial charge in [0.2, 0.25) is 0 Å². The van der Waals surface area contributed by atoms with Crippen molar-refractivity contribution in [1.82, 2.24) is 4.90 Å². The van der Waals surface area contributed by atoms with Crippen molar-refractivity contribution >= 4 is 5.78 Å². The van der Waals surface area contributed by atoms with E-state index in [9.17, 15) is 9.18 Å². The second kappa shape index (κ2) is 5.06. The Morgan fingerprint density at radius 3 is 2.87 bits per heavy atom. The van der Waals surface area contributed by atoms with E-state index in [1.54, 1.807) is 0 Å². The maximum Gasteiger partial charge on any atom is 0.136 e. The van der Waals surface area contributed by atoms with Crippen LogP contribution in [-0.2, 0) is 4.79 Å². The number of carbonyl (C=O) groups is 1. The van der Waals surface area contributed by atoms with Crippen molar-refractivity contribution in [1.29, 1.82) is 0 Å². The first-order valence-corrected chi connectivity index (χ1v) is 6.15. The van der Waals surface area contributed by atoms with Crippen molar-refractivity contribution in [3.05, 3.63) is 0 Å². The maximum atomic E-state index is 13.1. The molecule has 0 radical (unpaired) electrons. The lowest BCUT2D eigenvalue weighted by Gasteiger charge is -2.29. The SMILES string of the molecule is O=C1CCCC1CCN1CCCC(F)C1. The van der Waals surface area contributed by atoms with Gasteiger partial charge in [0.05, 0.1) is 0 Å². The van der Waals surface area contributed by atoms with Crippen molar-refractivity contribution < 1.29 is 9.18 Å². The smallest absolute Gasteiger partial charge is 0.136 e. The maximum absolute atomic E-state index is 13.1. The van der Waals surface area contributed by atoms with Crippen molar-refractivity contribution in [2.75, 3.05) is 19.6 Å². The Morgan fingerprint density at radius 1 is 1.33 bits per heavy atom. The van der Waals surface area contributed by atoms with Gasteiger partial charge < -0.3 is 4.90 Å². The predicted molar refractivity (Wildman–Crippen MR) is 57.5 cm³/mol. The van der Waals surface area contributed by atoms with Crippen LogP contribution in [0, 0.1) is 5.92 Å². The van der Waals surface area contributed by atoms with E-state index in [4.69, 9.17) is 0 Å². The number of likely N-dealkylation sites (tertiary alicyclic amines) is 1. The molecular formula is C12H20FNO. The van der Waals surface area contributed by atoms with Gasteiger partial charge in [-0.15, -0.1) is 0 Å². The zero-order valence-corrected chi connectivity index (χ0v) is 9.25. The van der Waals surface area contributed by atoms with Gasteiger partial charge in [-0.05, 0) is 45.2 Å². The fraction of sp³-hybridized carbons (Fsp3) is 0.917. The largest absolute Gasteiger partial charge is 0.300 e. The number of alkyl halides is 1. The molecule has 0 bridgehead atoms. The number of rotatable bonds is 3. The standard InChI is InChI=1S/C12H20FNO/c13-11-4-2-7-14(9-11)8-6-10-3-1-5-12(10)15/h10-11H,1-9H2. The molecule has 0 aromatic carbocycles. The number of ketones is 1. The lowest BCUT2D eigenvalue weighted by Crippen LogP contribution is -2.37. The molecule has 0 amide bonds. The summed E-state index contributed by atoms with van der Waals surface area (Å²) in [4.78, 5) is 13.6. The summed E-state index contributed by atoms with van der Waals surface area (Å²) in [6, 6.07) is 0. The van der Waals surface area contributed by atoms with Crippen LogP contribution in [0.4, 0.5) is 4.39 Å². The van der Waals surface area contributed by atoms with E-state index in [-0.39, 0.29) is 5.92 Å². The van der Waals surface area contributed by atoms with Crippen LogP contribution in [0.5, 0.6) is 0 Å². The minimum absolute atomic E-state index is 0.282. The molecule has 2 fully saturated rings. The molecule has 3 heteroatoms. The average Bonchev–Trinajstić information content (AvgIpc) is 2.61. The van der Waals surface area contributed by atoms with Crippen LogP contribution >= 0.6 is 0 Å². The molecule has 2 unspecified atom stereocenters. The van der Waals surface area contributed by atoms with E-state index < -0.39 is 6.17 Å². The number of halogens is 1. The molecule has 0 spiro atoms. The summed E-state index contributed by atoms with van der Waals surface area (Å²) in [6.07, 6.45) is 4.90. The van der Waals surface area contributed by atoms with Gasteiger partial charge in [0, 0.05) is 18.9 Å². The monoisotopic (exact) mass is 213 g/mol. The predicted octanol–water partition coefficient (Wildman–Crippen LogP) is 2.18. The molecule has 15 heavy (non-hydrogen) atoms. The zero-order valence-electron chi connectivity index (χ0n) is 9.25. The van der Waals surface area contributed by atoms with Gasteiger partial charge in [-0.25, -0.2) is 4.39 Å². The molecule has 1 heterocycles. The second-order valence-electron chi connectivity index (χ2n) is 4.88. The Kier molecular flexibility index (Phi) is 3.73. The van der Waals surface area contributed by atoms with Crippen LogP contribution in [0.25, 0.3) is 0 Å². The van der Waals surface area contributed by atoms with E-state index in [0.717, 1.165) is 51.6 Å². The number of hydrogen-bond acceptors (Lipinski definition) is 2. The van der Waals surface area contributed by atoms with Gasteiger partial charge in [0.25, 0.3) is 0 Å². The van der Waals surface area contributed by atoms with Gasteiger partial charge in [-0.3, -0.25) is 4.79 Å². The van der Waals surface area contributed by atoms with E-state index in [0.29, 0.717) is 12.3 Å². The van der Waals surface area contributed by atoms with Crippen molar-refractivity contribution in [3.8, 4) is 0 Å². The second-order valence-corrected chi connectivity index (χ2v) is 4.88. The van der Waals surface area contributed by atoms with E-state index in [2.05, 4.69) is 4.90 Å². The minimum atomic E-state index is -0.641. The van der Waals surface area contributed by atoms with E-state index in [1.807, 2.05) is 0 Å². The van der Waals surface area contributed by atoms with Gasteiger partial charge in [-0.1, -0.05) is 0 Å². The summed E-state index contributed by atoms with van der Waals surface area (Å²) in [5.74, 6) is 0.716. The topological polar surface area (TPSA) is 20.3 Å². The van der Waals surface area contributed by atoms with E-state index >= 15 is 0 Å². The average molecular weight is 213 g/mol. The van der Waals surface area contributed by atoms with Crippen molar-refractivity contribution in [3.63, 3.8) is 0 Å². The molecule has 2 aliphatic rings.